The van der Waals surface area contributed by atoms with Gasteiger partial charge in [0.1, 0.15) is 5.75 Å². The van der Waals surface area contributed by atoms with E-state index in [0.717, 1.165) is 43.9 Å². The summed E-state index contributed by atoms with van der Waals surface area (Å²) in [5.41, 5.74) is 6.69. The molecule has 0 aromatic heterocycles. The van der Waals surface area contributed by atoms with Crippen molar-refractivity contribution >= 4 is 11.6 Å². The summed E-state index contributed by atoms with van der Waals surface area (Å²) in [6, 6.07) is 7.58. The Morgan fingerprint density at radius 2 is 2.11 bits per heavy atom. The SMILES string of the molecule is COCCCCCN=C(N)Nc1cccc(OC)c1. The summed E-state index contributed by atoms with van der Waals surface area (Å²) in [5.74, 6) is 1.22. The maximum atomic E-state index is 5.81. The third-order valence-corrected chi connectivity index (χ3v) is 2.63. The summed E-state index contributed by atoms with van der Waals surface area (Å²) in [6.07, 6.45) is 3.18. The zero-order valence-corrected chi connectivity index (χ0v) is 11.7. The Bertz CT molecular complexity index is 394. The molecule has 3 N–H and O–H groups in total. The number of nitrogens with zero attached hydrogens (tertiary/aromatic N) is 1. The van der Waals surface area contributed by atoms with E-state index in [2.05, 4.69) is 10.3 Å². The molecule has 0 saturated heterocycles. The fourth-order valence-electron chi connectivity index (χ4n) is 1.62. The van der Waals surface area contributed by atoms with Gasteiger partial charge in [-0.1, -0.05) is 6.07 Å². The highest BCUT2D eigenvalue weighted by atomic mass is 16.5. The summed E-state index contributed by atoms with van der Waals surface area (Å²) in [7, 11) is 3.35. The van der Waals surface area contributed by atoms with Crippen LogP contribution in [0, 0.1) is 0 Å². The standard InChI is InChI=1S/C14H23N3O2/c1-18-10-5-3-4-9-16-14(15)17-12-7-6-8-13(11-12)19-2/h6-8,11H,3-5,9-10H2,1-2H3,(H3,15,16,17). The number of nitrogens with one attached hydrogen (secondary N) is 1. The van der Waals surface area contributed by atoms with E-state index in [4.69, 9.17) is 15.2 Å². The number of benzene rings is 1. The fraction of sp³-hybridized carbons (Fsp3) is 0.500. The van der Waals surface area contributed by atoms with E-state index in [-0.39, 0.29) is 0 Å². The number of unbranched alkanes of at least 4 members (excludes halogenated alkanes) is 2. The second-order valence-corrected chi connectivity index (χ2v) is 4.18. The maximum absolute atomic E-state index is 5.81. The Balaban J connectivity index is 2.30. The predicted molar refractivity (Wildman–Crippen MR) is 78.8 cm³/mol. The molecule has 19 heavy (non-hydrogen) atoms. The van der Waals surface area contributed by atoms with Crippen molar-refractivity contribution in [3.8, 4) is 5.75 Å². The molecule has 0 aliphatic heterocycles. The molecule has 0 atom stereocenters. The third-order valence-electron chi connectivity index (χ3n) is 2.63. The number of guanidine groups is 1. The monoisotopic (exact) mass is 265 g/mol. The Hall–Kier alpha value is -1.75. The van der Waals surface area contributed by atoms with Crippen molar-refractivity contribution in [1.29, 1.82) is 0 Å². The maximum Gasteiger partial charge on any atom is 0.193 e. The lowest BCUT2D eigenvalue weighted by Crippen LogP contribution is -2.22. The minimum atomic E-state index is 0.431. The molecule has 106 valence electrons. The first-order chi connectivity index (χ1) is 9.26. The van der Waals surface area contributed by atoms with Gasteiger partial charge in [0.15, 0.2) is 5.96 Å². The number of hydrogen-bond acceptors (Lipinski definition) is 3. The molecule has 0 unspecified atom stereocenters. The van der Waals surface area contributed by atoms with Crippen LogP contribution in [0.2, 0.25) is 0 Å². The molecule has 1 aromatic carbocycles. The lowest BCUT2D eigenvalue weighted by atomic mass is 10.2. The number of anilines is 1. The first-order valence-corrected chi connectivity index (χ1v) is 6.46. The van der Waals surface area contributed by atoms with Crippen LogP contribution in [0.4, 0.5) is 5.69 Å². The van der Waals surface area contributed by atoms with Crippen molar-refractivity contribution < 1.29 is 9.47 Å². The molecule has 0 radical (unpaired) electrons. The van der Waals surface area contributed by atoms with Gasteiger partial charge < -0.3 is 20.5 Å². The Kier molecular flexibility index (Phi) is 7.43. The first kappa shape index (κ1) is 15.3. The van der Waals surface area contributed by atoms with Crippen LogP contribution in [0.15, 0.2) is 29.3 Å². The Labute approximate surface area is 114 Å². The number of aliphatic imine (C=N–C) groups is 1. The Morgan fingerprint density at radius 3 is 2.84 bits per heavy atom. The molecule has 0 amide bonds. The zero-order valence-electron chi connectivity index (χ0n) is 11.7. The molecule has 0 heterocycles. The van der Waals surface area contributed by atoms with Crippen molar-refractivity contribution in [2.24, 2.45) is 10.7 Å². The van der Waals surface area contributed by atoms with Gasteiger partial charge in [-0.2, -0.15) is 0 Å². The fourth-order valence-corrected chi connectivity index (χ4v) is 1.62. The average Bonchev–Trinajstić information content (AvgIpc) is 2.43. The van der Waals surface area contributed by atoms with Gasteiger partial charge in [0.2, 0.25) is 0 Å². The summed E-state index contributed by atoms with van der Waals surface area (Å²) in [6.45, 7) is 1.54. The second kappa shape index (κ2) is 9.22. The van der Waals surface area contributed by atoms with Gasteiger partial charge in [-0.15, -0.1) is 0 Å². The largest absolute Gasteiger partial charge is 0.497 e. The lowest BCUT2D eigenvalue weighted by Gasteiger charge is -2.07. The Morgan fingerprint density at radius 1 is 1.26 bits per heavy atom. The molecule has 0 aliphatic rings. The average molecular weight is 265 g/mol. The highest BCUT2D eigenvalue weighted by Crippen LogP contribution is 2.16. The number of nitrogens with two attached hydrogens (primary N) is 1. The zero-order chi connectivity index (χ0) is 13.9. The summed E-state index contributed by atoms with van der Waals surface area (Å²) in [5, 5.41) is 3.04. The molecule has 1 rings (SSSR count). The third kappa shape index (κ3) is 6.67. The topological polar surface area (TPSA) is 68.9 Å². The lowest BCUT2D eigenvalue weighted by molar-refractivity contribution is 0.192. The summed E-state index contributed by atoms with van der Waals surface area (Å²) in [4.78, 5) is 4.27. The van der Waals surface area contributed by atoms with E-state index in [1.165, 1.54) is 0 Å². The van der Waals surface area contributed by atoms with Gasteiger partial charge in [-0.3, -0.25) is 4.99 Å². The van der Waals surface area contributed by atoms with Gasteiger partial charge in [0, 0.05) is 32.0 Å². The summed E-state index contributed by atoms with van der Waals surface area (Å²) < 4.78 is 10.1. The van der Waals surface area contributed by atoms with Gasteiger partial charge in [-0.05, 0) is 31.4 Å². The first-order valence-electron chi connectivity index (χ1n) is 6.46. The van der Waals surface area contributed by atoms with Crippen LogP contribution in [-0.4, -0.2) is 33.3 Å². The van der Waals surface area contributed by atoms with Gasteiger partial charge in [-0.25, -0.2) is 0 Å². The van der Waals surface area contributed by atoms with Crippen LogP contribution in [0.25, 0.3) is 0 Å². The van der Waals surface area contributed by atoms with Gasteiger partial charge in [0.25, 0.3) is 0 Å². The number of methoxy groups -OCH3 is 2. The van der Waals surface area contributed by atoms with Crippen molar-refractivity contribution in [2.75, 3.05) is 32.7 Å². The second-order valence-electron chi connectivity index (χ2n) is 4.18. The summed E-state index contributed by atoms with van der Waals surface area (Å²) >= 11 is 0. The molecule has 0 bridgehead atoms. The molecule has 0 spiro atoms. The van der Waals surface area contributed by atoms with Crippen LogP contribution in [0.1, 0.15) is 19.3 Å². The molecule has 0 fully saturated rings. The molecular weight excluding hydrogens is 242 g/mol. The van der Waals surface area contributed by atoms with E-state index >= 15 is 0 Å². The van der Waals surface area contributed by atoms with E-state index in [9.17, 15) is 0 Å². The van der Waals surface area contributed by atoms with E-state index in [1.54, 1.807) is 14.2 Å². The van der Waals surface area contributed by atoms with Crippen LogP contribution in [-0.2, 0) is 4.74 Å². The van der Waals surface area contributed by atoms with E-state index in [1.807, 2.05) is 24.3 Å². The molecule has 0 aliphatic carbocycles. The van der Waals surface area contributed by atoms with Crippen molar-refractivity contribution in [1.82, 2.24) is 0 Å². The van der Waals surface area contributed by atoms with Crippen LogP contribution in [0.5, 0.6) is 5.75 Å². The minimum Gasteiger partial charge on any atom is -0.497 e. The normalized spacial score (nSPS) is 11.4. The molecule has 5 heteroatoms. The van der Waals surface area contributed by atoms with Crippen LogP contribution < -0.4 is 15.8 Å². The van der Waals surface area contributed by atoms with Crippen molar-refractivity contribution in [2.45, 2.75) is 19.3 Å². The van der Waals surface area contributed by atoms with Gasteiger partial charge >= 0.3 is 0 Å². The smallest absolute Gasteiger partial charge is 0.193 e. The van der Waals surface area contributed by atoms with Crippen LogP contribution in [0.3, 0.4) is 0 Å². The molecular formula is C14H23N3O2. The predicted octanol–water partition coefficient (Wildman–Crippen LogP) is 2.24. The van der Waals surface area contributed by atoms with E-state index < -0.39 is 0 Å². The molecule has 5 nitrogen and oxygen atoms in total. The number of ether oxygens (including phenoxy) is 2. The van der Waals surface area contributed by atoms with Crippen molar-refractivity contribution in [3.63, 3.8) is 0 Å². The van der Waals surface area contributed by atoms with E-state index in [0.29, 0.717) is 5.96 Å². The van der Waals surface area contributed by atoms with Crippen LogP contribution >= 0.6 is 0 Å². The highest BCUT2D eigenvalue weighted by Gasteiger charge is 1.97. The molecule has 1 aromatic rings. The molecule has 0 saturated carbocycles. The van der Waals surface area contributed by atoms with Crippen molar-refractivity contribution in [3.05, 3.63) is 24.3 Å². The number of hydrogen-bond donors (Lipinski definition) is 2. The number of rotatable bonds is 8. The quantitative estimate of drug-likeness (QED) is 0.430. The minimum absolute atomic E-state index is 0.431. The highest BCUT2D eigenvalue weighted by molar-refractivity contribution is 5.92. The van der Waals surface area contributed by atoms with Gasteiger partial charge in [0.05, 0.1) is 7.11 Å².